The second-order valence-electron chi connectivity index (χ2n) is 4.88. The van der Waals surface area contributed by atoms with Crippen LogP contribution in [0.3, 0.4) is 0 Å². The number of amides is 1. The van der Waals surface area contributed by atoms with Crippen molar-refractivity contribution in [3.63, 3.8) is 0 Å². The summed E-state index contributed by atoms with van der Waals surface area (Å²) in [6.07, 6.45) is 3.13. The first kappa shape index (κ1) is 13.6. The van der Waals surface area contributed by atoms with Crippen molar-refractivity contribution in [1.82, 2.24) is 5.32 Å². The number of fused-ring (bicyclic) bond motifs is 1. The van der Waals surface area contributed by atoms with Crippen molar-refractivity contribution in [2.45, 2.75) is 25.3 Å². The molecule has 3 nitrogen and oxygen atoms in total. The molecule has 2 N–H and O–H groups in total. The number of carbonyl (C=O) groups excluding carboxylic acids is 1. The lowest BCUT2D eigenvalue weighted by atomic mass is 9.94. The number of nitrogens with one attached hydrogen (secondary N) is 1. The summed E-state index contributed by atoms with van der Waals surface area (Å²) in [6, 6.07) is 7.02. The third-order valence-electron chi connectivity index (χ3n) is 3.56. The molecule has 1 aliphatic rings. The van der Waals surface area contributed by atoms with Gasteiger partial charge in [-0.15, -0.1) is 11.3 Å². The van der Waals surface area contributed by atoms with Crippen molar-refractivity contribution in [1.29, 1.82) is 0 Å². The van der Waals surface area contributed by atoms with E-state index in [2.05, 4.69) is 32.7 Å². The quantitative estimate of drug-likeness (QED) is 0.858. The summed E-state index contributed by atoms with van der Waals surface area (Å²) in [5.41, 5.74) is 1.53. The van der Waals surface area contributed by atoms with Crippen molar-refractivity contribution in [2.75, 3.05) is 0 Å². The van der Waals surface area contributed by atoms with E-state index in [1.807, 2.05) is 0 Å². The Hall–Kier alpha value is -1.33. The summed E-state index contributed by atoms with van der Waals surface area (Å²) in [5, 5.41) is 14.9. The van der Waals surface area contributed by atoms with E-state index in [1.165, 1.54) is 16.5 Å². The molecule has 1 heterocycles. The standard InChI is InChI=1S/C15H14BrNO2S/c16-9-4-5-13(18)11(8-9)15(19)17-12-2-1-3-14-10(12)6-7-20-14/h4-8,12,18H,1-3H2,(H,17,19). The summed E-state index contributed by atoms with van der Waals surface area (Å²) in [6.45, 7) is 0. The van der Waals surface area contributed by atoms with Gasteiger partial charge in [0.2, 0.25) is 0 Å². The van der Waals surface area contributed by atoms with Gasteiger partial charge in [0.05, 0.1) is 11.6 Å². The highest BCUT2D eigenvalue weighted by atomic mass is 79.9. The van der Waals surface area contributed by atoms with Crippen molar-refractivity contribution in [2.24, 2.45) is 0 Å². The highest BCUT2D eigenvalue weighted by Gasteiger charge is 2.24. The zero-order chi connectivity index (χ0) is 14.1. The lowest BCUT2D eigenvalue weighted by Crippen LogP contribution is -2.30. The van der Waals surface area contributed by atoms with Crippen LogP contribution in [-0.2, 0) is 6.42 Å². The van der Waals surface area contributed by atoms with Crippen LogP contribution in [0.1, 0.15) is 39.7 Å². The van der Waals surface area contributed by atoms with Crippen molar-refractivity contribution < 1.29 is 9.90 Å². The van der Waals surface area contributed by atoms with Gasteiger partial charge in [0.15, 0.2) is 0 Å². The number of hydrogen-bond acceptors (Lipinski definition) is 3. The van der Waals surface area contributed by atoms with Crippen LogP contribution in [0.15, 0.2) is 34.1 Å². The Morgan fingerprint density at radius 3 is 3.10 bits per heavy atom. The van der Waals surface area contributed by atoms with Gasteiger partial charge in [0, 0.05) is 9.35 Å². The molecule has 1 aliphatic carbocycles. The third-order valence-corrected chi connectivity index (χ3v) is 5.05. The predicted octanol–water partition coefficient (Wildman–Crippen LogP) is 4.02. The Morgan fingerprint density at radius 1 is 1.40 bits per heavy atom. The molecule has 0 saturated heterocycles. The second-order valence-corrected chi connectivity index (χ2v) is 6.80. The van der Waals surface area contributed by atoms with Crippen LogP contribution in [0, 0.1) is 0 Å². The van der Waals surface area contributed by atoms with Gasteiger partial charge in [-0.2, -0.15) is 0 Å². The molecule has 1 aromatic heterocycles. The van der Waals surface area contributed by atoms with E-state index < -0.39 is 0 Å². The largest absolute Gasteiger partial charge is 0.507 e. The zero-order valence-electron chi connectivity index (χ0n) is 10.7. The molecule has 0 fully saturated rings. The van der Waals surface area contributed by atoms with E-state index in [4.69, 9.17) is 0 Å². The topological polar surface area (TPSA) is 49.3 Å². The highest BCUT2D eigenvalue weighted by molar-refractivity contribution is 9.10. The fourth-order valence-corrected chi connectivity index (χ4v) is 3.91. The highest BCUT2D eigenvalue weighted by Crippen LogP contribution is 2.33. The minimum atomic E-state index is -0.229. The molecule has 2 aromatic rings. The smallest absolute Gasteiger partial charge is 0.255 e. The maximum absolute atomic E-state index is 12.3. The molecular formula is C15H14BrNO2S. The van der Waals surface area contributed by atoms with Crippen LogP contribution < -0.4 is 5.32 Å². The molecule has 1 unspecified atom stereocenters. The number of halogens is 1. The van der Waals surface area contributed by atoms with Crippen LogP contribution in [0.4, 0.5) is 0 Å². The summed E-state index contributed by atoms with van der Waals surface area (Å²) in [7, 11) is 0. The molecule has 0 radical (unpaired) electrons. The molecule has 1 atom stereocenters. The van der Waals surface area contributed by atoms with Crippen molar-refractivity contribution >= 4 is 33.2 Å². The van der Waals surface area contributed by atoms with E-state index in [0.717, 1.165) is 23.7 Å². The summed E-state index contributed by atoms with van der Waals surface area (Å²) in [4.78, 5) is 13.7. The van der Waals surface area contributed by atoms with E-state index in [1.54, 1.807) is 23.5 Å². The van der Waals surface area contributed by atoms with Gasteiger partial charge in [0.1, 0.15) is 5.75 Å². The number of phenols is 1. The lowest BCUT2D eigenvalue weighted by molar-refractivity contribution is 0.0930. The third kappa shape index (κ3) is 2.60. The first-order valence-electron chi connectivity index (χ1n) is 6.51. The monoisotopic (exact) mass is 351 g/mol. The number of hydrogen-bond donors (Lipinski definition) is 2. The number of aryl methyl sites for hydroxylation is 1. The van der Waals surface area contributed by atoms with Crippen molar-refractivity contribution in [3.05, 3.63) is 50.1 Å². The molecule has 1 amide bonds. The van der Waals surface area contributed by atoms with Gasteiger partial charge >= 0.3 is 0 Å². The molecular weight excluding hydrogens is 338 g/mol. The van der Waals surface area contributed by atoms with Gasteiger partial charge in [-0.05, 0) is 54.5 Å². The van der Waals surface area contributed by atoms with E-state index in [0.29, 0.717) is 5.56 Å². The average Bonchev–Trinajstić information content (AvgIpc) is 2.91. The fraction of sp³-hybridized carbons (Fsp3) is 0.267. The van der Waals surface area contributed by atoms with E-state index in [9.17, 15) is 9.90 Å². The van der Waals surface area contributed by atoms with Crippen LogP contribution in [-0.4, -0.2) is 11.0 Å². The Kier molecular flexibility index (Phi) is 3.81. The molecule has 0 saturated carbocycles. The minimum absolute atomic E-state index is 0.00653. The molecule has 0 aliphatic heterocycles. The Labute approximate surface area is 129 Å². The SMILES string of the molecule is O=C(NC1CCCc2sccc21)c1cc(Br)ccc1O. The number of benzene rings is 1. The summed E-state index contributed by atoms with van der Waals surface area (Å²) >= 11 is 5.07. The normalized spacial score (nSPS) is 17.6. The van der Waals surface area contributed by atoms with Crippen molar-refractivity contribution in [3.8, 4) is 5.75 Å². The number of thiophene rings is 1. The molecule has 3 rings (SSSR count). The molecule has 1 aromatic carbocycles. The molecule has 104 valence electrons. The average molecular weight is 352 g/mol. The maximum atomic E-state index is 12.3. The summed E-state index contributed by atoms with van der Waals surface area (Å²) < 4.78 is 0.778. The van der Waals surface area contributed by atoms with Crippen LogP contribution in [0.25, 0.3) is 0 Å². The van der Waals surface area contributed by atoms with Gasteiger partial charge in [-0.3, -0.25) is 4.79 Å². The first-order chi connectivity index (χ1) is 9.65. The van der Waals surface area contributed by atoms with Gasteiger partial charge in [0.25, 0.3) is 5.91 Å². The van der Waals surface area contributed by atoms with Crippen LogP contribution >= 0.6 is 27.3 Å². The zero-order valence-corrected chi connectivity index (χ0v) is 13.1. The molecule has 5 heteroatoms. The van der Waals surface area contributed by atoms with Crippen LogP contribution in [0.5, 0.6) is 5.75 Å². The minimum Gasteiger partial charge on any atom is -0.507 e. The second kappa shape index (κ2) is 5.58. The first-order valence-corrected chi connectivity index (χ1v) is 8.18. The van der Waals surface area contributed by atoms with Crippen LogP contribution in [0.2, 0.25) is 0 Å². The summed E-state index contributed by atoms with van der Waals surface area (Å²) in [5.74, 6) is -0.222. The van der Waals surface area contributed by atoms with E-state index in [-0.39, 0.29) is 17.7 Å². The lowest BCUT2D eigenvalue weighted by Gasteiger charge is -2.23. The van der Waals surface area contributed by atoms with Gasteiger partial charge < -0.3 is 10.4 Å². The maximum Gasteiger partial charge on any atom is 0.255 e. The molecule has 0 bridgehead atoms. The predicted molar refractivity (Wildman–Crippen MR) is 83.3 cm³/mol. The fourth-order valence-electron chi connectivity index (χ4n) is 2.56. The number of aromatic hydroxyl groups is 1. The van der Waals surface area contributed by atoms with E-state index >= 15 is 0 Å². The Morgan fingerprint density at radius 2 is 2.25 bits per heavy atom. The number of rotatable bonds is 2. The molecule has 20 heavy (non-hydrogen) atoms. The number of carbonyl (C=O) groups is 1. The Bertz CT molecular complexity index is 653. The Balaban J connectivity index is 1.82. The molecule has 0 spiro atoms. The number of phenolic OH excluding ortho intramolecular Hbond substituents is 1. The van der Waals surface area contributed by atoms with Gasteiger partial charge in [-0.1, -0.05) is 15.9 Å². The van der Waals surface area contributed by atoms with Gasteiger partial charge in [-0.25, -0.2) is 0 Å².